The van der Waals surface area contributed by atoms with Crippen LogP contribution < -0.4 is 0 Å². The zero-order valence-electron chi connectivity index (χ0n) is 39.9. The van der Waals surface area contributed by atoms with Gasteiger partial charge in [0.2, 0.25) is 6.29 Å². The van der Waals surface area contributed by atoms with Crippen molar-refractivity contribution >= 4 is 11.9 Å². The Balaban J connectivity index is 1.04. The molecule has 7 fully saturated rings. The molecule has 0 aromatic heterocycles. The molecule has 0 spiro atoms. The first-order valence-electron chi connectivity index (χ1n) is 24.5. The lowest BCUT2D eigenvalue weighted by Crippen LogP contribution is -2.68. The minimum atomic E-state index is -2.02. The molecule has 0 aromatic carbocycles. The molecule has 24 atom stereocenters. The third-order valence-corrected chi connectivity index (χ3v) is 19.4. The van der Waals surface area contributed by atoms with E-state index < -0.39 is 134 Å². The molecule has 0 amide bonds. The molecular weight excluding hydrogens is 897 g/mol. The van der Waals surface area contributed by atoms with Crippen molar-refractivity contribution in [3.63, 3.8) is 0 Å². The summed E-state index contributed by atoms with van der Waals surface area (Å²) < 4.78 is 35.0. The quantitative estimate of drug-likeness (QED) is 0.0725. The van der Waals surface area contributed by atoms with Crippen LogP contribution in [0.15, 0.2) is 11.6 Å². The molecule has 20 heteroatoms. The average Bonchev–Trinajstić information content (AvgIpc) is 3.29. The number of aliphatic carboxylic acids is 1. The number of aliphatic hydroxyl groups is 11. The lowest BCUT2D eigenvalue weighted by Gasteiger charge is -2.71. The Kier molecular flexibility index (Phi) is 14.3. The van der Waals surface area contributed by atoms with Crippen molar-refractivity contribution in [2.45, 2.75) is 204 Å². The highest BCUT2D eigenvalue weighted by molar-refractivity contribution is 5.79. The molecule has 388 valence electrons. The normalized spacial score (nSPS) is 53.4. The minimum Gasteiger partial charge on any atom is -0.479 e. The largest absolute Gasteiger partial charge is 0.479 e. The van der Waals surface area contributed by atoms with Crippen LogP contribution in [-0.2, 0) is 38.0 Å². The number of carbonyl (C=O) groups is 2. The van der Waals surface area contributed by atoms with Gasteiger partial charge in [-0.3, -0.25) is 4.79 Å². The Morgan fingerprint density at radius 3 is 1.84 bits per heavy atom. The molecule has 5 aliphatic carbocycles. The zero-order chi connectivity index (χ0) is 49.8. The predicted octanol–water partition coefficient (Wildman–Crippen LogP) is -0.795. The van der Waals surface area contributed by atoms with Crippen LogP contribution in [0.25, 0.3) is 0 Å². The van der Waals surface area contributed by atoms with E-state index in [0.29, 0.717) is 51.4 Å². The van der Waals surface area contributed by atoms with E-state index >= 15 is 0 Å². The number of aliphatic hydroxyl groups excluding tert-OH is 11. The number of hydrogen-bond acceptors (Lipinski definition) is 19. The summed E-state index contributed by atoms with van der Waals surface area (Å²) in [4.78, 5) is 27.1. The van der Waals surface area contributed by atoms with Gasteiger partial charge in [-0.25, -0.2) is 4.79 Å². The van der Waals surface area contributed by atoms with Gasteiger partial charge in [0.05, 0.1) is 31.3 Å². The van der Waals surface area contributed by atoms with Crippen molar-refractivity contribution < 1.29 is 99.3 Å². The van der Waals surface area contributed by atoms with Crippen molar-refractivity contribution in [3.8, 4) is 0 Å². The summed E-state index contributed by atoms with van der Waals surface area (Å²) >= 11 is 0. The summed E-state index contributed by atoms with van der Waals surface area (Å²) in [6.45, 7) is 11.5. The van der Waals surface area contributed by atoms with E-state index in [1.807, 2.05) is 6.92 Å². The minimum absolute atomic E-state index is 0.107. The molecule has 0 bridgehead atoms. The number of rotatable bonds is 10. The van der Waals surface area contributed by atoms with Gasteiger partial charge in [-0.1, -0.05) is 53.2 Å². The zero-order valence-corrected chi connectivity index (χ0v) is 39.9. The van der Waals surface area contributed by atoms with E-state index in [1.54, 1.807) is 0 Å². The van der Waals surface area contributed by atoms with Crippen LogP contribution in [0.5, 0.6) is 0 Å². The van der Waals surface area contributed by atoms with Crippen LogP contribution in [0, 0.1) is 50.2 Å². The number of carbonyl (C=O) groups excluding carboxylic acids is 1. The molecule has 3 heterocycles. The van der Waals surface area contributed by atoms with Gasteiger partial charge >= 0.3 is 11.9 Å². The van der Waals surface area contributed by atoms with Crippen LogP contribution in [0.4, 0.5) is 0 Å². The summed E-state index contributed by atoms with van der Waals surface area (Å²) in [7, 11) is 0. The first-order valence-corrected chi connectivity index (χ1v) is 24.5. The standard InChI is InChI=1S/C48H76O20/c1-43(2)13-15-48(42(62)68-40-33(57)31(55)29(53)24(19-50)64-40)16-14-46(5)21(22(48)17-43)7-8-26-44(3)11-10-27(45(4,20-51)25(44)9-12-47(26,46)6)65-41-35(59)36(34(58)37(67-41)38(60)61)66-39-32(56)30(54)28(52)23(18-49)63-39/h7,22-37,39-41,49-59H,8-20H2,1-6H3,(H,60,61)/t22-,23+,24+,25+,26+,27-,28-,29+,30-,31-,32+,33+,34-,35+,36-,37-,39-,40-,41+,44-,45-,46+,47+,48-/m0/s1. The van der Waals surface area contributed by atoms with E-state index in [2.05, 4.69) is 40.7 Å². The second kappa shape index (κ2) is 18.5. The lowest BCUT2D eigenvalue weighted by molar-refractivity contribution is -0.366. The van der Waals surface area contributed by atoms with Crippen molar-refractivity contribution in [1.82, 2.24) is 0 Å². The Labute approximate surface area is 396 Å². The van der Waals surface area contributed by atoms with Crippen molar-refractivity contribution in [2.75, 3.05) is 19.8 Å². The maximum atomic E-state index is 14.7. The van der Waals surface area contributed by atoms with Crippen LogP contribution in [0.2, 0.25) is 0 Å². The molecule has 12 N–H and O–H groups in total. The molecular formula is C48H76O20. The second-order valence-corrected chi connectivity index (χ2v) is 23.3. The molecule has 8 aliphatic rings. The fraction of sp³-hybridized carbons (Fsp3) is 0.917. The van der Waals surface area contributed by atoms with Gasteiger partial charge in [0, 0.05) is 5.41 Å². The molecule has 68 heavy (non-hydrogen) atoms. The number of allylic oxidation sites excluding steroid dienone is 2. The van der Waals surface area contributed by atoms with Crippen molar-refractivity contribution in [2.24, 2.45) is 50.2 Å². The lowest BCUT2D eigenvalue weighted by atomic mass is 9.33. The molecule has 8 rings (SSSR count). The Bertz CT molecular complexity index is 1900. The number of fused-ring (bicyclic) bond motifs is 7. The molecule has 0 aromatic rings. The molecule has 20 nitrogen and oxygen atoms in total. The number of carboxylic acids is 1. The smallest absolute Gasteiger partial charge is 0.335 e. The topological polar surface area (TPSA) is 332 Å². The number of ether oxygens (including phenoxy) is 6. The van der Waals surface area contributed by atoms with Gasteiger partial charge in [-0.05, 0) is 104 Å². The first kappa shape index (κ1) is 52.4. The highest BCUT2D eigenvalue weighted by atomic mass is 16.7. The van der Waals surface area contributed by atoms with Crippen LogP contribution in [0.1, 0.15) is 106 Å². The highest BCUT2D eigenvalue weighted by Gasteiger charge is 2.71. The van der Waals surface area contributed by atoms with E-state index in [9.17, 15) is 70.9 Å². The van der Waals surface area contributed by atoms with Gasteiger partial charge in [-0.2, -0.15) is 0 Å². The van der Waals surface area contributed by atoms with E-state index in [0.717, 1.165) is 12.8 Å². The average molecular weight is 973 g/mol. The Morgan fingerprint density at radius 2 is 1.24 bits per heavy atom. The Hall–Kier alpha value is -1.96. The van der Waals surface area contributed by atoms with Gasteiger partial charge < -0.3 is 89.7 Å². The highest BCUT2D eigenvalue weighted by Crippen LogP contribution is 2.76. The Morgan fingerprint density at radius 1 is 0.647 bits per heavy atom. The van der Waals surface area contributed by atoms with Gasteiger partial charge in [0.25, 0.3) is 0 Å². The SMILES string of the molecule is CC1(C)CC[C@]2(C(=O)O[C@@H]3O[C@H](CO)[C@@H](O)[C@H](O)[C@H]3O)CC[C@]3(C)C(=CC[C@@H]4[C@@]5(C)CC[C@H](O[C@@H]6O[C@H](C(=O)O)[C@@H](O)[C@H](O[C@@H]7O[C@H](CO)[C@H](O)[C@H](O)[C@H]7O)[C@H]6O)[C@@](C)(CO)[C@@H]5CC[C@]43C)[C@@H]2C1. The third-order valence-electron chi connectivity index (χ3n) is 19.4. The first-order chi connectivity index (χ1) is 31.8. The molecule has 4 saturated carbocycles. The fourth-order valence-electron chi connectivity index (χ4n) is 15.0. The van der Waals surface area contributed by atoms with Crippen LogP contribution >= 0.6 is 0 Å². The summed E-state index contributed by atoms with van der Waals surface area (Å²) in [5, 5.41) is 127. The molecule has 3 saturated heterocycles. The maximum absolute atomic E-state index is 14.7. The number of carboxylic acid groups (broad SMARTS) is 1. The second-order valence-electron chi connectivity index (χ2n) is 23.3. The van der Waals surface area contributed by atoms with E-state index in [-0.39, 0.29) is 46.0 Å². The van der Waals surface area contributed by atoms with Crippen LogP contribution in [-0.4, -0.2) is 191 Å². The van der Waals surface area contributed by atoms with Crippen molar-refractivity contribution in [1.29, 1.82) is 0 Å². The van der Waals surface area contributed by atoms with Gasteiger partial charge in [-0.15, -0.1) is 0 Å². The number of esters is 1. The van der Waals surface area contributed by atoms with E-state index in [1.165, 1.54) is 5.57 Å². The summed E-state index contributed by atoms with van der Waals surface area (Å²) in [6.07, 6.45) is -18.1. The molecule has 0 radical (unpaired) electrons. The summed E-state index contributed by atoms with van der Waals surface area (Å²) in [5.41, 5.74) is -1.79. The number of hydrogen-bond donors (Lipinski definition) is 12. The van der Waals surface area contributed by atoms with Crippen LogP contribution in [0.3, 0.4) is 0 Å². The van der Waals surface area contributed by atoms with Crippen molar-refractivity contribution in [3.05, 3.63) is 11.6 Å². The van der Waals surface area contributed by atoms with Gasteiger partial charge in [0.15, 0.2) is 18.7 Å². The summed E-state index contributed by atoms with van der Waals surface area (Å²) in [6, 6.07) is 0. The fourth-order valence-corrected chi connectivity index (χ4v) is 15.0. The molecule has 0 unspecified atom stereocenters. The monoisotopic (exact) mass is 972 g/mol. The predicted molar refractivity (Wildman–Crippen MR) is 232 cm³/mol. The summed E-state index contributed by atoms with van der Waals surface area (Å²) in [5.74, 6) is -2.37. The maximum Gasteiger partial charge on any atom is 0.335 e. The molecule has 3 aliphatic heterocycles. The third kappa shape index (κ3) is 8.03. The van der Waals surface area contributed by atoms with E-state index in [4.69, 9.17) is 28.4 Å². The van der Waals surface area contributed by atoms with Gasteiger partial charge in [0.1, 0.15) is 67.1 Å².